The molecule has 0 radical (unpaired) electrons. The van der Waals surface area contributed by atoms with E-state index >= 15 is 0 Å². The fourth-order valence-electron chi connectivity index (χ4n) is 2.08. The molecule has 0 aromatic heterocycles. The van der Waals surface area contributed by atoms with Crippen LogP contribution in [-0.4, -0.2) is 20.8 Å². The average Bonchev–Trinajstić information content (AvgIpc) is 2.53. The molecule has 0 atom stereocenters. The minimum atomic E-state index is 0.649. The van der Waals surface area contributed by atoms with Crippen LogP contribution in [0.1, 0.15) is 12.5 Å². The predicted octanol–water partition coefficient (Wildman–Crippen LogP) is 3.71. The third-order valence-electron chi connectivity index (χ3n) is 3.12. The molecule has 0 amide bonds. The molecule has 0 fully saturated rings. The van der Waals surface area contributed by atoms with Crippen LogP contribution in [0, 0.1) is 0 Å². The van der Waals surface area contributed by atoms with Crippen molar-refractivity contribution in [3.8, 4) is 17.2 Å². The van der Waals surface area contributed by atoms with Crippen molar-refractivity contribution >= 4 is 5.69 Å². The molecule has 0 spiro atoms. The number of hydrogen-bond acceptors (Lipinski definition) is 4. The molecule has 4 heteroatoms. The van der Waals surface area contributed by atoms with Gasteiger partial charge in [-0.2, -0.15) is 0 Å². The number of ether oxygens (including phenoxy) is 3. The van der Waals surface area contributed by atoms with Crippen molar-refractivity contribution in [3.63, 3.8) is 0 Å². The molecule has 2 aromatic rings. The van der Waals surface area contributed by atoms with E-state index in [-0.39, 0.29) is 0 Å². The van der Waals surface area contributed by atoms with E-state index in [0.29, 0.717) is 13.2 Å². The van der Waals surface area contributed by atoms with E-state index in [0.717, 1.165) is 28.5 Å². The molecule has 0 bridgehead atoms. The summed E-state index contributed by atoms with van der Waals surface area (Å²) in [6, 6.07) is 13.7. The van der Waals surface area contributed by atoms with Gasteiger partial charge in [0, 0.05) is 23.9 Å². The monoisotopic (exact) mass is 287 g/mol. The molecule has 0 aliphatic carbocycles. The first-order chi connectivity index (χ1) is 10.3. The number of anilines is 1. The first-order valence-electron chi connectivity index (χ1n) is 6.94. The first kappa shape index (κ1) is 15.0. The highest BCUT2D eigenvalue weighted by atomic mass is 16.5. The topological polar surface area (TPSA) is 39.7 Å². The Hall–Kier alpha value is -2.36. The summed E-state index contributed by atoms with van der Waals surface area (Å²) < 4.78 is 16.1. The van der Waals surface area contributed by atoms with Crippen LogP contribution < -0.4 is 19.5 Å². The molecule has 2 rings (SSSR count). The molecule has 0 aliphatic rings. The van der Waals surface area contributed by atoms with Gasteiger partial charge in [-0.25, -0.2) is 0 Å². The van der Waals surface area contributed by atoms with Gasteiger partial charge in [0.25, 0.3) is 0 Å². The summed E-state index contributed by atoms with van der Waals surface area (Å²) >= 11 is 0. The van der Waals surface area contributed by atoms with Crippen LogP contribution in [0.25, 0.3) is 0 Å². The van der Waals surface area contributed by atoms with Crippen LogP contribution in [0.2, 0.25) is 0 Å². The van der Waals surface area contributed by atoms with Crippen molar-refractivity contribution in [1.29, 1.82) is 0 Å². The van der Waals surface area contributed by atoms with E-state index in [1.54, 1.807) is 14.2 Å². The van der Waals surface area contributed by atoms with E-state index in [4.69, 9.17) is 14.2 Å². The van der Waals surface area contributed by atoms with Crippen molar-refractivity contribution in [2.24, 2.45) is 0 Å². The lowest BCUT2D eigenvalue weighted by atomic mass is 10.2. The Bertz CT molecular complexity index is 584. The Morgan fingerprint density at radius 2 is 1.81 bits per heavy atom. The maximum atomic E-state index is 5.50. The average molecular weight is 287 g/mol. The Labute approximate surface area is 125 Å². The van der Waals surface area contributed by atoms with E-state index in [2.05, 4.69) is 5.32 Å². The highest BCUT2D eigenvalue weighted by molar-refractivity contribution is 5.50. The molecule has 2 aromatic carbocycles. The lowest BCUT2D eigenvalue weighted by Crippen LogP contribution is -2.02. The van der Waals surface area contributed by atoms with Crippen molar-refractivity contribution in [3.05, 3.63) is 48.0 Å². The quantitative estimate of drug-likeness (QED) is 0.842. The van der Waals surface area contributed by atoms with Gasteiger partial charge in [-0.15, -0.1) is 0 Å². The summed E-state index contributed by atoms with van der Waals surface area (Å²) in [7, 11) is 3.32. The van der Waals surface area contributed by atoms with Crippen LogP contribution in [0.15, 0.2) is 42.5 Å². The van der Waals surface area contributed by atoms with Crippen molar-refractivity contribution in [2.45, 2.75) is 13.5 Å². The van der Waals surface area contributed by atoms with Crippen molar-refractivity contribution in [1.82, 2.24) is 0 Å². The number of rotatable bonds is 7. The Morgan fingerprint density at radius 1 is 0.952 bits per heavy atom. The number of nitrogens with one attached hydrogen (secondary N) is 1. The second-order valence-corrected chi connectivity index (χ2v) is 4.49. The molecular formula is C17H21NO3. The van der Waals surface area contributed by atoms with Crippen molar-refractivity contribution in [2.75, 3.05) is 26.1 Å². The Morgan fingerprint density at radius 3 is 2.52 bits per heavy atom. The molecule has 1 N–H and O–H groups in total. The number of hydrogen-bond donors (Lipinski definition) is 1. The first-order valence-corrected chi connectivity index (χ1v) is 6.94. The Balaban J connectivity index is 2.10. The largest absolute Gasteiger partial charge is 0.497 e. The van der Waals surface area contributed by atoms with E-state index < -0.39 is 0 Å². The third kappa shape index (κ3) is 4.05. The van der Waals surface area contributed by atoms with E-state index in [1.165, 1.54) is 0 Å². The molecule has 0 heterocycles. The smallest absolute Gasteiger partial charge is 0.124 e. The maximum Gasteiger partial charge on any atom is 0.124 e. The fraction of sp³-hybridized carbons (Fsp3) is 0.294. The van der Waals surface area contributed by atoms with Crippen molar-refractivity contribution < 1.29 is 14.2 Å². The van der Waals surface area contributed by atoms with Crippen LogP contribution in [-0.2, 0) is 6.54 Å². The summed E-state index contributed by atoms with van der Waals surface area (Å²) in [6.07, 6.45) is 0. The van der Waals surface area contributed by atoms with E-state index in [9.17, 15) is 0 Å². The van der Waals surface area contributed by atoms with Gasteiger partial charge in [-0.3, -0.25) is 0 Å². The lowest BCUT2D eigenvalue weighted by molar-refractivity contribution is 0.340. The third-order valence-corrected chi connectivity index (χ3v) is 3.12. The van der Waals surface area contributed by atoms with Gasteiger partial charge >= 0.3 is 0 Å². The predicted molar refractivity (Wildman–Crippen MR) is 84.5 cm³/mol. The fourth-order valence-corrected chi connectivity index (χ4v) is 2.08. The molecule has 0 unspecified atom stereocenters. The molecule has 112 valence electrons. The number of benzene rings is 2. The molecule has 4 nitrogen and oxygen atoms in total. The van der Waals surface area contributed by atoms with Gasteiger partial charge < -0.3 is 19.5 Å². The molecular weight excluding hydrogens is 266 g/mol. The summed E-state index contributed by atoms with van der Waals surface area (Å²) in [4.78, 5) is 0. The summed E-state index contributed by atoms with van der Waals surface area (Å²) in [5.74, 6) is 2.51. The SMILES string of the molecule is CCOc1cccc(NCc2cc(OC)ccc2OC)c1. The summed E-state index contributed by atoms with van der Waals surface area (Å²) in [6.45, 7) is 3.28. The van der Waals surface area contributed by atoms with Gasteiger partial charge in [-0.1, -0.05) is 6.07 Å². The normalized spacial score (nSPS) is 10.0. The number of methoxy groups -OCH3 is 2. The van der Waals surface area contributed by atoms with Gasteiger partial charge in [-0.05, 0) is 37.3 Å². The van der Waals surface area contributed by atoms with Gasteiger partial charge in [0.05, 0.1) is 20.8 Å². The highest BCUT2D eigenvalue weighted by Gasteiger charge is 2.05. The summed E-state index contributed by atoms with van der Waals surface area (Å²) in [5.41, 5.74) is 2.05. The standard InChI is InChI=1S/C17H21NO3/c1-4-21-16-7-5-6-14(11-16)18-12-13-10-15(19-2)8-9-17(13)20-3/h5-11,18H,4,12H2,1-3H3. The van der Waals surface area contributed by atoms with Gasteiger partial charge in [0.2, 0.25) is 0 Å². The van der Waals surface area contributed by atoms with Crippen LogP contribution >= 0.6 is 0 Å². The molecule has 0 aliphatic heterocycles. The van der Waals surface area contributed by atoms with Gasteiger partial charge in [0.1, 0.15) is 17.2 Å². The van der Waals surface area contributed by atoms with Gasteiger partial charge in [0.15, 0.2) is 0 Å². The van der Waals surface area contributed by atoms with Crippen LogP contribution in [0.3, 0.4) is 0 Å². The minimum Gasteiger partial charge on any atom is -0.497 e. The zero-order valence-electron chi connectivity index (χ0n) is 12.7. The lowest BCUT2D eigenvalue weighted by Gasteiger charge is -2.13. The minimum absolute atomic E-state index is 0.649. The van der Waals surface area contributed by atoms with Crippen LogP contribution in [0.5, 0.6) is 17.2 Å². The van der Waals surface area contributed by atoms with Crippen LogP contribution in [0.4, 0.5) is 5.69 Å². The zero-order chi connectivity index (χ0) is 15.1. The second-order valence-electron chi connectivity index (χ2n) is 4.49. The Kier molecular flexibility index (Phi) is 5.32. The summed E-state index contributed by atoms with van der Waals surface area (Å²) in [5, 5.41) is 3.37. The second kappa shape index (κ2) is 7.43. The van der Waals surface area contributed by atoms with E-state index in [1.807, 2.05) is 49.4 Å². The zero-order valence-corrected chi connectivity index (χ0v) is 12.7. The molecule has 21 heavy (non-hydrogen) atoms. The molecule has 0 saturated heterocycles. The maximum absolute atomic E-state index is 5.50. The highest BCUT2D eigenvalue weighted by Crippen LogP contribution is 2.25. The molecule has 0 saturated carbocycles.